The molecule has 0 spiro atoms. The maximum Gasteiger partial charge on any atom is 0.322 e. The lowest BCUT2D eigenvalue weighted by Crippen LogP contribution is -2.10. The van der Waals surface area contributed by atoms with Crippen molar-refractivity contribution in [2.45, 2.75) is 6.42 Å². The van der Waals surface area contributed by atoms with Crippen LogP contribution in [0.15, 0.2) is 24.5 Å². The van der Waals surface area contributed by atoms with E-state index in [-0.39, 0.29) is 34.5 Å². The number of carbonyl (C=O) groups excluding carboxylic acids is 1. The van der Waals surface area contributed by atoms with E-state index in [0.29, 0.717) is 0 Å². The van der Waals surface area contributed by atoms with E-state index in [0.717, 1.165) is 12.4 Å². The van der Waals surface area contributed by atoms with Crippen molar-refractivity contribution in [3.05, 3.63) is 57.5 Å². The van der Waals surface area contributed by atoms with Crippen LogP contribution in [0.4, 0.5) is 10.1 Å². The predicted octanol–water partition coefficient (Wildman–Crippen LogP) is 2.40. The molecule has 0 unspecified atom stereocenters. The lowest BCUT2D eigenvalue weighted by molar-refractivity contribution is -0.385. The average Bonchev–Trinajstić information content (AvgIpc) is 2.51. The zero-order valence-corrected chi connectivity index (χ0v) is 12.2. The van der Waals surface area contributed by atoms with Gasteiger partial charge in [-0.15, -0.1) is 0 Å². The summed E-state index contributed by atoms with van der Waals surface area (Å²) in [5.41, 5.74) is 4.72. The molecule has 23 heavy (non-hydrogen) atoms. The molecule has 2 N–H and O–H groups in total. The molecular formula is C13H9ClFN4O4. The summed E-state index contributed by atoms with van der Waals surface area (Å²) in [5, 5.41) is 10.5. The first-order valence-corrected chi connectivity index (χ1v) is 6.50. The van der Waals surface area contributed by atoms with Crippen LogP contribution >= 0.6 is 11.6 Å². The van der Waals surface area contributed by atoms with Gasteiger partial charge in [0.05, 0.1) is 9.95 Å². The van der Waals surface area contributed by atoms with Crippen molar-refractivity contribution in [3.8, 4) is 11.8 Å². The highest BCUT2D eigenvalue weighted by atomic mass is 35.5. The van der Waals surface area contributed by atoms with Crippen LogP contribution < -0.4 is 10.5 Å². The lowest BCUT2D eigenvalue weighted by Gasteiger charge is -2.10. The number of nitrogens with two attached hydrogens (primary N) is 1. The molecule has 0 aliphatic carbocycles. The van der Waals surface area contributed by atoms with Crippen molar-refractivity contribution in [2.24, 2.45) is 5.73 Å². The van der Waals surface area contributed by atoms with Crippen molar-refractivity contribution >= 4 is 23.2 Å². The number of halogens is 2. The Labute approximate surface area is 134 Å². The maximum absolute atomic E-state index is 14.3. The number of aromatic nitrogens is 2. The lowest BCUT2D eigenvalue weighted by atomic mass is 10.1. The van der Waals surface area contributed by atoms with Gasteiger partial charge in [-0.3, -0.25) is 14.9 Å². The fourth-order valence-electron chi connectivity index (χ4n) is 1.56. The average molecular weight is 340 g/mol. The molecule has 0 fully saturated rings. The fourth-order valence-corrected chi connectivity index (χ4v) is 1.74. The quantitative estimate of drug-likeness (QED) is 0.637. The summed E-state index contributed by atoms with van der Waals surface area (Å²) in [6.07, 6.45) is 2.94. The number of carbonyl (C=O) groups is 1. The molecule has 0 aliphatic rings. The molecular weight excluding hydrogens is 331 g/mol. The Kier molecular flexibility index (Phi) is 5.02. The monoisotopic (exact) mass is 339 g/mol. The second-order valence-corrected chi connectivity index (χ2v) is 4.64. The SMILES string of the molecule is NC(=O)C[CH]c1ccc(Cl)c(Oc2ncc([N+](=O)[O-])cn2)c1F. The number of primary amides is 1. The number of nitro groups is 1. The molecule has 8 nitrogen and oxygen atoms in total. The van der Waals surface area contributed by atoms with Gasteiger partial charge in [0.25, 0.3) is 0 Å². The third-order valence-electron chi connectivity index (χ3n) is 2.62. The molecule has 1 heterocycles. The smallest absolute Gasteiger partial charge is 0.322 e. The van der Waals surface area contributed by atoms with E-state index in [9.17, 15) is 19.3 Å². The Balaban J connectivity index is 2.26. The van der Waals surface area contributed by atoms with Crippen LogP contribution in [0.2, 0.25) is 5.02 Å². The zero-order valence-electron chi connectivity index (χ0n) is 11.4. The number of nitrogens with zero attached hydrogens (tertiary/aromatic N) is 3. The van der Waals surface area contributed by atoms with Gasteiger partial charge in [0.1, 0.15) is 12.4 Å². The minimum Gasteiger partial charge on any atom is -0.420 e. The van der Waals surface area contributed by atoms with Gasteiger partial charge in [0, 0.05) is 12.8 Å². The number of hydrogen-bond acceptors (Lipinski definition) is 6. The topological polar surface area (TPSA) is 121 Å². The molecule has 0 bridgehead atoms. The van der Waals surface area contributed by atoms with Gasteiger partial charge >= 0.3 is 11.7 Å². The molecule has 1 aromatic carbocycles. The van der Waals surface area contributed by atoms with Gasteiger partial charge < -0.3 is 10.5 Å². The third-order valence-corrected chi connectivity index (χ3v) is 2.92. The van der Waals surface area contributed by atoms with Gasteiger partial charge in [-0.1, -0.05) is 17.7 Å². The van der Waals surface area contributed by atoms with Crippen molar-refractivity contribution in [2.75, 3.05) is 0 Å². The van der Waals surface area contributed by atoms with Crippen molar-refractivity contribution in [3.63, 3.8) is 0 Å². The highest BCUT2D eigenvalue weighted by Gasteiger charge is 2.17. The van der Waals surface area contributed by atoms with Crippen molar-refractivity contribution in [1.29, 1.82) is 0 Å². The zero-order chi connectivity index (χ0) is 17.0. The Hall–Kier alpha value is -2.81. The minimum absolute atomic E-state index is 0.0549. The molecule has 0 atom stereocenters. The summed E-state index contributed by atoms with van der Waals surface area (Å²) < 4.78 is 19.5. The van der Waals surface area contributed by atoms with E-state index in [1.807, 2.05) is 0 Å². The largest absolute Gasteiger partial charge is 0.420 e. The molecule has 1 amide bonds. The molecule has 1 aromatic heterocycles. The van der Waals surface area contributed by atoms with Crippen LogP contribution in [-0.2, 0) is 4.79 Å². The van der Waals surface area contributed by atoms with Crippen LogP contribution in [0, 0.1) is 22.4 Å². The molecule has 2 rings (SSSR count). The Bertz CT molecular complexity index is 754. The molecule has 1 radical (unpaired) electrons. The number of ether oxygens (including phenoxy) is 1. The summed E-state index contributed by atoms with van der Waals surface area (Å²) >= 11 is 5.86. The number of hydrogen-bond donors (Lipinski definition) is 1. The van der Waals surface area contributed by atoms with Crippen LogP contribution in [-0.4, -0.2) is 20.8 Å². The summed E-state index contributed by atoms with van der Waals surface area (Å²) in [7, 11) is 0. The van der Waals surface area contributed by atoms with Gasteiger partial charge in [-0.05, 0) is 11.6 Å². The number of amides is 1. The van der Waals surface area contributed by atoms with Crippen LogP contribution in [0.25, 0.3) is 0 Å². The predicted molar refractivity (Wildman–Crippen MR) is 77.4 cm³/mol. The third kappa shape index (κ3) is 4.10. The van der Waals surface area contributed by atoms with E-state index < -0.39 is 16.6 Å². The maximum atomic E-state index is 14.3. The second-order valence-electron chi connectivity index (χ2n) is 4.24. The van der Waals surface area contributed by atoms with Gasteiger partial charge in [0.2, 0.25) is 5.91 Å². The van der Waals surface area contributed by atoms with E-state index in [1.165, 1.54) is 18.6 Å². The van der Waals surface area contributed by atoms with E-state index in [4.69, 9.17) is 22.1 Å². The first-order valence-electron chi connectivity index (χ1n) is 6.12. The highest BCUT2D eigenvalue weighted by molar-refractivity contribution is 6.32. The Morgan fingerprint density at radius 3 is 2.65 bits per heavy atom. The van der Waals surface area contributed by atoms with E-state index in [1.54, 1.807) is 0 Å². The van der Waals surface area contributed by atoms with Crippen LogP contribution in [0.3, 0.4) is 0 Å². The number of rotatable bonds is 6. The first kappa shape index (κ1) is 16.6. The minimum atomic E-state index is -0.833. The molecule has 10 heteroatoms. The summed E-state index contributed by atoms with van der Waals surface area (Å²) in [4.78, 5) is 27.8. The van der Waals surface area contributed by atoms with E-state index in [2.05, 4.69) is 9.97 Å². The molecule has 0 aliphatic heterocycles. The summed E-state index contributed by atoms with van der Waals surface area (Å²) in [5.74, 6) is -1.82. The van der Waals surface area contributed by atoms with Crippen LogP contribution in [0.5, 0.6) is 11.8 Å². The fraction of sp³-hybridized carbons (Fsp3) is 0.0769. The molecule has 0 saturated heterocycles. The standard InChI is InChI=1S/C13H9ClFN4O4/c14-9-3-1-7(2-4-10(16)20)11(15)12(9)23-13-17-5-8(6-18-13)19(21)22/h1-3,5-6H,4H2,(H2,16,20). The van der Waals surface area contributed by atoms with Crippen molar-refractivity contribution in [1.82, 2.24) is 9.97 Å². The van der Waals surface area contributed by atoms with Crippen molar-refractivity contribution < 1.29 is 18.8 Å². The first-order chi connectivity index (χ1) is 10.9. The number of benzene rings is 1. The van der Waals surface area contributed by atoms with Crippen LogP contribution in [0.1, 0.15) is 12.0 Å². The Morgan fingerprint density at radius 2 is 2.09 bits per heavy atom. The normalized spacial score (nSPS) is 10.3. The van der Waals surface area contributed by atoms with Gasteiger partial charge in [0.15, 0.2) is 11.6 Å². The molecule has 119 valence electrons. The summed E-state index contributed by atoms with van der Waals surface area (Å²) in [6.45, 7) is 0. The summed E-state index contributed by atoms with van der Waals surface area (Å²) in [6, 6.07) is 2.39. The van der Waals surface area contributed by atoms with Gasteiger partial charge in [-0.2, -0.15) is 9.97 Å². The van der Waals surface area contributed by atoms with Gasteiger partial charge in [-0.25, -0.2) is 4.39 Å². The Morgan fingerprint density at radius 1 is 1.43 bits per heavy atom. The second kappa shape index (κ2) is 6.97. The molecule has 0 saturated carbocycles. The molecule has 2 aromatic rings. The van der Waals surface area contributed by atoms with E-state index >= 15 is 0 Å². The highest BCUT2D eigenvalue weighted by Crippen LogP contribution is 2.33.